The normalized spacial score (nSPS) is 16.4. The number of para-hydroxylation sites is 1. The number of aromatic nitrogens is 3. The van der Waals surface area contributed by atoms with Crippen LogP contribution in [0.3, 0.4) is 0 Å². The van der Waals surface area contributed by atoms with Crippen LogP contribution in [0.2, 0.25) is 0 Å². The van der Waals surface area contributed by atoms with E-state index in [0.29, 0.717) is 11.7 Å². The third-order valence-corrected chi connectivity index (χ3v) is 3.96. The zero-order valence-electron chi connectivity index (χ0n) is 11.6. The van der Waals surface area contributed by atoms with E-state index in [4.69, 9.17) is 4.52 Å². The highest BCUT2D eigenvalue weighted by molar-refractivity contribution is 5.80. The van der Waals surface area contributed by atoms with Crippen LogP contribution in [0.15, 0.2) is 40.9 Å². The van der Waals surface area contributed by atoms with Gasteiger partial charge in [0.15, 0.2) is 0 Å². The van der Waals surface area contributed by atoms with Crippen molar-refractivity contribution in [1.29, 1.82) is 0 Å². The highest BCUT2D eigenvalue weighted by Gasteiger charge is 2.22. The summed E-state index contributed by atoms with van der Waals surface area (Å²) in [6.45, 7) is 2.02. The Bertz CT molecular complexity index is 762. The molecule has 1 aliphatic rings. The van der Waals surface area contributed by atoms with Gasteiger partial charge in [0.05, 0.1) is 5.52 Å². The summed E-state index contributed by atoms with van der Waals surface area (Å²) < 4.78 is 5.44. The number of pyridine rings is 1. The second-order valence-electron chi connectivity index (χ2n) is 5.37. The number of nitrogens with one attached hydrogen (secondary N) is 1. The number of piperidine rings is 1. The van der Waals surface area contributed by atoms with E-state index in [-0.39, 0.29) is 0 Å². The molecule has 2 aromatic heterocycles. The molecule has 0 bridgehead atoms. The maximum absolute atomic E-state index is 5.44. The van der Waals surface area contributed by atoms with Gasteiger partial charge in [-0.25, -0.2) is 4.98 Å². The summed E-state index contributed by atoms with van der Waals surface area (Å²) in [6.07, 6.45) is 2.10. The largest absolute Gasteiger partial charge is 0.339 e. The van der Waals surface area contributed by atoms with Crippen LogP contribution in [0.25, 0.3) is 22.4 Å². The predicted molar refractivity (Wildman–Crippen MR) is 79.9 cm³/mol. The number of rotatable bonds is 2. The highest BCUT2D eigenvalue weighted by Crippen LogP contribution is 2.26. The second kappa shape index (κ2) is 5.26. The Balaban J connectivity index is 1.67. The molecule has 1 N–H and O–H groups in total. The molecule has 0 aliphatic carbocycles. The summed E-state index contributed by atoms with van der Waals surface area (Å²) >= 11 is 0. The topological polar surface area (TPSA) is 63.8 Å². The van der Waals surface area contributed by atoms with Crippen LogP contribution in [-0.4, -0.2) is 28.2 Å². The first-order chi connectivity index (χ1) is 10.4. The molecule has 106 valence electrons. The molecule has 0 amide bonds. The first-order valence-corrected chi connectivity index (χ1v) is 7.31. The van der Waals surface area contributed by atoms with Gasteiger partial charge in [0.1, 0.15) is 5.69 Å². The maximum atomic E-state index is 5.44. The minimum absolute atomic E-state index is 0.368. The van der Waals surface area contributed by atoms with Gasteiger partial charge >= 0.3 is 0 Å². The summed E-state index contributed by atoms with van der Waals surface area (Å²) in [4.78, 5) is 9.15. The van der Waals surface area contributed by atoms with Crippen molar-refractivity contribution >= 4 is 10.9 Å². The summed E-state index contributed by atoms with van der Waals surface area (Å²) in [5, 5.41) is 8.55. The molecule has 1 aliphatic heterocycles. The average Bonchev–Trinajstić information content (AvgIpc) is 3.05. The summed E-state index contributed by atoms with van der Waals surface area (Å²) in [5.41, 5.74) is 1.71. The lowest BCUT2D eigenvalue weighted by atomic mass is 9.98. The molecule has 21 heavy (non-hydrogen) atoms. The van der Waals surface area contributed by atoms with Crippen LogP contribution in [-0.2, 0) is 0 Å². The standard InChI is InChI=1S/C16H16N4O/c1-2-4-13-11(3-1)5-6-14(18-13)15-19-16(21-20-15)12-7-9-17-10-8-12/h1-6,12,17H,7-10H2. The molecule has 1 fully saturated rings. The van der Waals surface area contributed by atoms with Crippen LogP contribution < -0.4 is 5.32 Å². The van der Waals surface area contributed by atoms with Crippen LogP contribution in [0.1, 0.15) is 24.7 Å². The molecule has 0 spiro atoms. The Kier molecular flexibility index (Phi) is 3.12. The molecular weight excluding hydrogens is 264 g/mol. The Morgan fingerprint density at radius 1 is 1.00 bits per heavy atom. The van der Waals surface area contributed by atoms with E-state index in [0.717, 1.165) is 48.4 Å². The molecular formula is C16H16N4O. The molecule has 5 nitrogen and oxygen atoms in total. The molecule has 5 heteroatoms. The fraction of sp³-hybridized carbons (Fsp3) is 0.312. The smallest absolute Gasteiger partial charge is 0.230 e. The van der Waals surface area contributed by atoms with Gasteiger partial charge in [0.25, 0.3) is 0 Å². The van der Waals surface area contributed by atoms with Crippen molar-refractivity contribution in [3.8, 4) is 11.5 Å². The van der Waals surface area contributed by atoms with Crippen LogP contribution in [0, 0.1) is 0 Å². The van der Waals surface area contributed by atoms with Crippen LogP contribution in [0.4, 0.5) is 0 Å². The molecule has 0 radical (unpaired) electrons. The molecule has 3 heterocycles. The monoisotopic (exact) mass is 280 g/mol. The van der Waals surface area contributed by atoms with Crippen molar-refractivity contribution in [2.75, 3.05) is 13.1 Å². The van der Waals surface area contributed by atoms with Gasteiger partial charge in [0, 0.05) is 11.3 Å². The maximum Gasteiger partial charge on any atom is 0.230 e. The van der Waals surface area contributed by atoms with Gasteiger partial charge in [-0.15, -0.1) is 0 Å². The number of fused-ring (bicyclic) bond motifs is 1. The molecule has 4 rings (SSSR count). The molecule has 0 atom stereocenters. The quantitative estimate of drug-likeness (QED) is 0.782. The van der Waals surface area contributed by atoms with Gasteiger partial charge < -0.3 is 9.84 Å². The van der Waals surface area contributed by atoms with Crippen molar-refractivity contribution < 1.29 is 4.52 Å². The predicted octanol–water partition coefficient (Wildman–Crippen LogP) is 2.75. The van der Waals surface area contributed by atoms with Crippen LogP contribution in [0.5, 0.6) is 0 Å². The Hall–Kier alpha value is -2.27. The van der Waals surface area contributed by atoms with E-state index in [1.165, 1.54) is 0 Å². The average molecular weight is 280 g/mol. The molecule has 1 saturated heterocycles. The van der Waals surface area contributed by atoms with E-state index in [2.05, 4.69) is 20.4 Å². The van der Waals surface area contributed by atoms with Gasteiger partial charge in [-0.2, -0.15) is 4.98 Å². The molecule has 0 unspecified atom stereocenters. The van der Waals surface area contributed by atoms with Crippen molar-refractivity contribution in [3.05, 3.63) is 42.3 Å². The van der Waals surface area contributed by atoms with E-state index in [1.807, 2.05) is 36.4 Å². The Labute approximate surface area is 122 Å². The van der Waals surface area contributed by atoms with Crippen LogP contribution >= 0.6 is 0 Å². The second-order valence-corrected chi connectivity index (χ2v) is 5.37. The fourth-order valence-corrected chi connectivity index (χ4v) is 2.76. The zero-order chi connectivity index (χ0) is 14.1. The number of benzene rings is 1. The number of nitrogens with zero attached hydrogens (tertiary/aromatic N) is 3. The van der Waals surface area contributed by atoms with E-state index in [1.54, 1.807) is 0 Å². The summed E-state index contributed by atoms with van der Waals surface area (Å²) in [7, 11) is 0. The lowest BCUT2D eigenvalue weighted by Gasteiger charge is -2.18. The summed E-state index contributed by atoms with van der Waals surface area (Å²) in [6, 6.07) is 12.0. The SMILES string of the molecule is c1ccc2nc(-c3noc(C4CCNCC4)n3)ccc2c1. The minimum atomic E-state index is 0.368. The molecule has 1 aromatic carbocycles. The minimum Gasteiger partial charge on any atom is -0.339 e. The molecule has 0 saturated carbocycles. The summed E-state index contributed by atoms with van der Waals surface area (Å²) in [5.74, 6) is 1.68. The fourth-order valence-electron chi connectivity index (χ4n) is 2.76. The van der Waals surface area contributed by atoms with E-state index < -0.39 is 0 Å². The Morgan fingerprint density at radius 2 is 1.86 bits per heavy atom. The van der Waals surface area contributed by atoms with Gasteiger partial charge in [-0.1, -0.05) is 29.4 Å². The Morgan fingerprint density at radius 3 is 2.76 bits per heavy atom. The van der Waals surface area contributed by atoms with Crippen molar-refractivity contribution in [3.63, 3.8) is 0 Å². The first-order valence-electron chi connectivity index (χ1n) is 7.31. The first kappa shape index (κ1) is 12.5. The van der Waals surface area contributed by atoms with Gasteiger partial charge in [0.2, 0.25) is 11.7 Å². The van der Waals surface area contributed by atoms with Crippen molar-refractivity contribution in [2.24, 2.45) is 0 Å². The lowest BCUT2D eigenvalue weighted by molar-refractivity contribution is 0.320. The van der Waals surface area contributed by atoms with Crippen molar-refractivity contribution in [2.45, 2.75) is 18.8 Å². The van der Waals surface area contributed by atoms with Gasteiger partial charge in [-0.05, 0) is 38.1 Å². The zero-order valence-corrected chi connectivity index (χ0v) is 11.6. The highest BCUT2D eigenvalue weighted by atomic mass is 16.5. The third kappa shape index (κ3) is 2.40. The lowest BCUT2D eigenvalue weighted by Crippen LogP contribution is -2.26. The van der Waals surface area contributed by atoms with Crippen molar-refractivity contribution in [1.82, 2.24) is 20.4 Å². The van der Waals surface area contributed by atoms with E-state index >= 15 is 0 Å². The number of hydrogen-bond acceptors (Lipinski definition) is 5. The van der Waals surface area contributed by atoms with E-state index in [9.17, 15) is 0 Å². The third-order valence-electron chi connectivity index (χ3n) is 3.96. The number of hydrogen-bond donors (Lipinski definition) is 1. The van der Waals surface area contributed by atoms with Gasteiger partial charge in [-0.3, -0.25) is 0 Å². The molecule has 3 aromatic rings.